The first kappa shape index (κ1) is 13.9. The monoisotopic (exact) mass is 249 g/mol. The van der Waals surface area contributed by atoms with Crippen molar-refractivity contribution in [1.29, 1.82) is 0 Å². The van der Waals surface area contributed by atoms with Gasteiger partial charge in [0.2, 0.25) is 0 Å². The molecule has 2 unspecified atom stereocenters. The maximum Gasteiger partial charge on any atom is 0.150 e. The SMILES string of the molecule is CCS(=O)(=O)CCCNC1CCOC(C)C1. The standard InChI is InChI=1S/C11H23NO3S/c1-3-16(13,14)8-4-6-12-11-5-7-15-10(2)9-11/h10-12H,3-9H2,1-2H3. The van der Waals surface area contributed by atoms with Crippen LogP contribution in [0.25, 0.3) is 0 Å². The van der Waals surface area contributed by atoms with Crippen molar-refractivity contribution >= 4 is 9.84 Å². The fourth-order valence-corrected chi connectivity index (χ4v) is 2.80. The van der Waals surface area contributed by atoms with Crippen LogP contribution < -0.4 is 5.32 Å². The molecule has 1 saturated heterocycles. The van der Waals surface area contributed by atoms with Gasteiger partial charge in [-0.2, -0.15) is 0 Å². The molecule has 5 heteroatoms. The summed E-state index contributed by atoms with van der Waals surface area (Å²) < 4.78 is 28.0. The Morgan fingerprint density at radius 1 is 1.44 bits per heavy atom. The summed E-state index contributed by atoms with van der Waals surface area (Å²) >= 11 is 0. The second-order valence-corrected chi connectivity index (χ2v) is 6.92. The predicted molar refractivity (Wildman–Crippen MR) is 65.4 cm³/mol. The van der Waals surface area contributed by atoms with Crippen LogP contribution in [0.2, 0.25) is 0 Å². The molecular formula is C11H23NO3S. The van der Waals surface area contributed by atoms with Crippen LogP contribution in [0.3, 0.4) is 0 Å². The van der Waals surface area contributed by atoms with Crippen molar-refractivity contribution in [2.75, 3.05) is 24.7 Å². The first-order valence-corrected chi connectivity index (χ1v) is 7.91. The topological polar surface area (TPSA) is 55.4 Å². The zero-order valence-corrected chi connectivity index (χ0v) is 11.1. The molecule has 0 aromatic rings. The number of rotatable bonds is 6. The van der Waals surface area contributed by atoms with Gasteiger partial charge in [0, 0.05) is 18.4 Å². The number of hydrogen-bond acceptors (Lipinski definition) is 4. The summed E-state index contributed by atoms with van der Waals surface area (Å²) in [6.45, 7) is 5.38. The molecule has 0 aliphatic carbocycles. The van der Waals surface area contributed by atoms with Gasteiger partial charge in [-0.1, -0.05) is 6.92 Å². The van der Waals surface area contributed by atoms with E-state index in [1.54, 1.807) is 6.92 Å². The number of ether oxygens (including phenoxy) is 1. The van der Waals surface area contributed by atoms with E-state index < -0.39 is 9.84 Å². The molecule has 1 rings (SSSR count). The van der Waals surface area contributed by atoms with Gasteiger partial charge >= 0.3 is 0 Å². The highest BCUT2D eigenvalue weighted by Crippen LogP contribution is 2.12. The molecule has 16 heavy (non-hydrogen) atoms. The zero-order valence-electron chi connectivity index (χ0n) is 10.2. The van der Waals surface area contributed by atoms with E-state index in [9.17, 15) is 8.42 Å². The smallest absolute Gasteiger partial charge is 0.150 e. The van der Waals surface area contributed by atoms with Crippen molar-refractivity contribution in [2.24, 2.45) is 0 Å². The molecule has 2 atom stereocenters. The number of nitrogens with one attached hydrogen (secondary N) is 1. The van der Waals surface area contributed by atoms with E-state index in [1.807, 2.05) is 0 Å². The lowest BCUT2D eigenvalue weighted by Crippen LogP contribution is -2.38. The van der Waals surface area contributed by atoms with E-state index in [2.05, 4.69) is 12.2 Å². The third kappa shape index (κ3) is 5.27. The minimum Gasteiger partial charge on any atom is -0.378 e. The van der Waals surface area contributed by atoms with Gasteiger partial charge in [-0.05, 0) is 32.7 Å². The lowest BCUT2D eigenvalue weighted by molar-refractivity contribution is 0.0135. The van der Waals surface area contributed by atoms with Gasteiger partial charge in [-0.15, -0.1) is 0 Å². The molecule has 4 nitrogen and oxygen atoms in total. The van der Waals surface area contributed by atoms with Gasteiger partial charge in [0.1, 0.15) is 9.84 Å². The third-order valence-corrected chi connectivity index (χ3v) is 4.78. The van der Waals surface area contributed by atoms with Gasteiger partial charge in [0.15, 0.2) is 0 Å². The van der Waals surface area contributed by atoms with E-state index in [-0.39, 0.29) is 5.75 Å². The van der Waals surface area contributed by atoms with Crippen LogP contribution in [0, 0.1) is 0 Å². The molecule has 1 heterocycles. The molecule has 1 aliphatic rings. The molecule has 1 aliphatic heterocycles. The largest absolute Gasteiger partial charge is 0.378 e. The van der Waals surface area contributed by atoms with Crippen LogP contribution in [0.15, 0.2) is 0 Å². The van der Waals surface area contributed by atoms with E-state index in [1.165, 1.54) is 0 Å². The second-order valence-electron chi connectivity index (χ2n) is 4.45. The van der Waals surface area contributed by atoms with Gasteiger partial charge in [0.05, 0.1) is 11.9 Å². The highest BCUT2D eigenvalue weighted by atomic mass is 32.2. The Bertz CT molecular complexity index is 290. The Labute approximate surface area is 98.7 Å². The molecule has 0 aromatic heterocycles. The molecule has 0 amide bonds. The summed E-state index contributed by atoms with van der Waals surface area (Å²) in [4.78, 5) is 0. The van der Waals surface area contributed by atoms with Gasteiger partial charge < -0.3 is 10.1 Å². The van der Waals surface area contributed by atoms with E-state index in [4.69, 9.17) is 4.74 Å². The van der Waals surface area contributed by atoms with Gasteiger partial charge in [0.25, 0.3) is 0 Å². The second kappa shape index (κ2) is 6.57. The Kier molecular flexibility index (Phi) is 5.72. The van der Waals surface area contributed by atoms with Crippen molar-refractivity contribution in [3.05, 3.63) is 0 Å². The molecule has 0 spiro atoms. The van der Waals surface area contributed by atoms with Crippen LogP contribution in [0.5, 0.6) is 0 Å². The molecule has 0 aromatic carbocycles. The fraction of sp³-hybridized carbons (Fsp3) is 1.00. The summed E-state index contributed by atoms with van der Waals surface area (Å²) in [6.07, 6.45) is 3.10. The van der Waals surface area contributed by atoms with Crippen LogP contribution in [0.1, 0.15) is 33.1 Å². The maximum atomic E-state index is 11.3. The lowest BCUT2D eigenvalue weighted by atomic mass is 10.0. The molecule has 96 valence electrons. The number of sulfone groups is 1. The Hall–Kier alpha value is -0.130. The quantitative estimate of drug-likeness (QED) is 0.713. The van der Waals surface area contributed by atoms with Crippen LogP contribution in [-0.2, 0) is 14.6 Å². The summed E-state index contributed by atoms with van der Waals surface area (Å²) in [5, 5.41) is 3.40. The predicted octanol–water partition coefficient (Wildman–Crippen LogP) is 0.968. The molecule has 1 N–H and O–H groups in total. The molecule has 0 radical (unpaired) electrons. The molecule has 0 saturated carbocycles. The van der Waals surface area contributed by atoms with E-state index in [0.29, 0.717) is 24.3 Å². The highest BCUT2D eigenvalue weighted by molar-refractivity contribution is 7.91. The first-order chi connectivity index (χ1) is 7.53. The summed E-state index contributed by atoms with van der Waals surface area (Å²) in [5.41, 5.74) is 0. The van der Waals surface area contributed by atoms with Crippen molar-refractivity contribution < 1.29 is 13.2 Å². The van der Waals surface area contributed by atoms with Crippen molar-refractivity contribution in [1.82, 2.24) is 5.32 Å². The first-order valence-electron chi connectivity index (χ1n) is 6.09. The average Bonchev–Trinajstić information content (AvgIpc) is 2.25. The van der Waals surface area contributed by atoms with Crippen LogP contribution in [0.4, 0.5) is 0 Å². The van der Waals surface area contributed by atoms with Crippen LogP contribution in [-0.4, -0.2) is 45.2 Å². The Balaban J connectivity index is 2.11. The normalized spacial score (nSPS) is 26.9. The van der Waals surface area contributed by atoms with Gasteiger partial charge in [-0.25, -0.2) is 8.42 Å². The van der Waals surface area contributed by atoms with E-state index >= 15 is 0 Å². The van der Waals surface area contributed by atoms with Crippen molar-refractivity contribution in [3.8, 4) is 0 Å². The summed E-state index contributed by atoms with van der Waals surface area (Å²) in [5.74, 6) is 0.552. The van der Waals surface area contributed by atoms with Crippen molar-refractivity contribution in [3.63, 3.8) is 0 Å². The molecule has 0 bridgehead atoms. The lowest BCUT2D eigenvalue weighted by Gasteiger charge is -2.28. The molecule has 1 fully saturated rings. The zero-order chi connectivity index (χ0) is 12.0. The van der Waals surface area contributed by atoms with Crippen molar-refractivity contribution in [2.45, 2.75) is 45.3 Å². The summed E-state index contributed by atoms with van der Waals surface area (Å²) in [7, 11) is -2.80. The number of hydrogen-bond donors (Lipinski definition) is 1. The minimum absolute atomic E-state index is 0.251. The Morgan fingerprint density at radius 3 is 2.81 bits per heavy atom. The molecular weight excluding hydrogens is 226 g/mol. The minimum atomic E-state index is -2.80. The third-order valence-electron chi connectivity index (χ3n) is 2.99. The van der Waals surface area contributed by atoms with Gasteiger partial charge in [-0.3, -0.25) is 0 Å². The highest BCUT2D eigenvalue weighted by Gasteiger charge is 2.18. The fourth-order valence-electron chi connectivity index (χ4n) is 1.93. The summed E-state index contributed by atoms with van der Waals surface area (Å²) in [6, 6.07) is 0.494. The maximum absolute atomic E-state index is 11.3. The van der Waals surface area contributed by atoms with E-state index in [0.717, 1.165) is 26.0 Å². The van der Waals surface area contributed by atoms with Crippen LogP contribution >= 0.6 is 0 Å². The average molecular weight is 249 g/mol. The Morgan fingerprint density at radius 2 is 2.19 bits per heavy atom.